The first-order valence-electron chi connectivity index (χ1n) is 10.2. The van der Waals surface area contributed by atoms with Crippen LogP contribution in [0.2, 0.25) is 5.15 Å². The van der Waals surface area contributed by atoms with Gasteiger partial charge in [0.25, 0.3) is 0 Å². The number of nitriles is 1. The maximum atomic E-state index is 9.33. The highest BCUT2D eigenvalue weighted by molar-refractivity contribution is 6.29. The number of hydrogen-bond donors (Lipinski definition) is 0. The summed E-state index contributed by atoms with van der Waals surface area (Å²) in [5.74, 6) is 1.55. The molecule has 0 fully saturated rings. The lowest BCUT2D eigenvalue weighted by Gasteiger charge is -2.14. The zero-order chi connectivity index (χ0) is 23.2. The molecule has 0 saturated heterocycles. The summed E-state index contributed by atoms with van der Waals surface area (Å²) in [5.41, 5.74) is 3.32. The van der Waals surface area contributed by atoms with Gasteiger partial charge in [0.05, 0.1) is 11.6 Å². The lowest BCUT2D eigenvalue weighted by molar-refractivity contribution is 0.290. The number of ether oxygens (including phenoxy) is 2. The first-order chi connectivity index (χ1) is 16.0. The molecule has 164 valence electrons. The molecule has 0 N–H and O–H groups in total. The van der Waals surface area contributed by atoms with Gasteiger partial charge < -0.3 is 14.4 Å². The molecule has 0 aliphatic heterocycles. The van der Waals surface area contributed by atoms with E-state index in [1.165, 1.54) is 6.07 Å². The van der Waals surface area contributed by atoms with Gasteiger partial charge in [-0.15, -0.1) is 0 Å². The summed E-state index contributed by atoms with van der Waals surface area (Å²) in [6.45, 7) is 0.358. The lowest BCUT2D eigenvalue weighted by Crippen LogP contribution is -2.08. The number of hydrogen-bond acceptors (Lipinski definition) is 6. The molecule has 0 amide bonds. The fourth-order valence-electron chi connectivity index (χ4n) is 3.11. The molecule has 7 heteroatoms. The van der Waals surface area contributed by atoms with Crippen molar-refractivity contribution < 1.29 is 9.47 Å². The molecular weight excluding hydrogens is 436 g/mol. The summed E-state index contributed by atoms with van der Waals surface area (Å²) in [4.78, 5) is 10.9. The van der Waals surface area contributed by atoms with Crippen LogP contribution in [0.3, 0.4) is 0 Å². The Bertz CT molecular complexity index is 1290. The Kier molecular flexibility index (Phi) is 6.72. The normalized spacial score (nSPS) is 10.4. The number of rotatable bonds is 7. The van der Waals surface area contributed by atoms with Crippen molar-refractivity contribution in [2.24, 2.45) is 0 Å². The molecule has 0 spiro atoms. The molecule has 0 aliphatic rings. The van der Waals surface area contributed by atoms with E-state index < -0.39 is 0 Å². The average Bonchev–Trinajstić information content (AvgIpc) is 2.83. The highest BCUT2D eigenvalue weighted by Crippen LogP contribution is 2.34. The predicted molar refractivity (Wildman–Crippen MR) is 129 cm³/mol. The second-order valence-corrected chi connectivity index (χ2v) is 7.83. The van der Waals surface area contributed by atoms with Gasteiger partial charge in [-0.3, -0.25) is 0 Å². The topological polar surface area (TPSA) is 71.3 Å². The maximum Gasteiger partial charge on any atom is 0.224 e. The summed E-state index contributed by atoms with van der Waals surface area (Å²) < 4.78 is 12.0. The predicted octanol–water partition coefficient (Wildman–Crippen LogP) is 6.11. The van der Waals surface area contributed by atoms with E-state index >= 15 is 0 Å². The van der Waals surface area contributed by atoms with Gasteiger partial charge in [0.15, 0.2) is 17.3 Å². The Morgan fingerprint density at radius 1 is 0.909 bits per heavy atom. The zero-order valence-electron chi connectivity index (χ0n) is 18.2. The second-order valence-electron chi connectivity index (χ2n) is 7.44. The SMILES string of the molecule is CN(C)c1ccc(-c2nc(Cl)cc(Oc3cc(C#N)ccc3OCc3ccccc3)n2)cc1. The summed E-state index contributed by atoms with van der Waals surface area (Å²) in [6.07, 6.45) is 0. The smallest absolute Gasteiger partial charge is 0.224 e. The minimum Gasteiger partial charge on any atom is -0.485 e. The van der Waals surface area contributed by atoms with Crippen molar-refractivity contribution in [3.05, 3.63) is 95.1 Å². The van der Waals surface area contributed by atoms with E-state index in [0.29, 0.717) is 29.5 Å². The van der Waals surface area contributed by atoms with Crippen molar-refractivity contribution in [1.82, 2.24) is 9.97 Å². The van der Waals surface area contributed by atoms with Crippen LogP contribution in [0.15, 0.2) is 78.9 Å². The van der Waals surface area contributed by atoms with Crippen LogP contribution < -0.4 is 14.4 Å². The summed E-state index contributed by atoms with van der Waals surface area (Å²) in [6, 6.07) is 26.2. The number of halogens is 1. The monoisotopic (exact) mass is 456 g/mol. The van der Waals surface area contributed by atoms with Crippen LogP contribution in [-0.4, -0.2) is 24.1 Å². The third-order valence-corrected chi connectivity index (χ3v) is 5.03. The van der Waals surface area contributed by atoms with Gasteiger partial charge >= 0.3 is 0 Å². The van der Waals surface area contributed by atoms with Crippen LogP contribution in [0.4, 0.5) is 5.69 Å². The van der Waals surface area contributed by atoms with Crippen molar-refractivity contribution in [2.45, 2.75) is 6.61 Å². The van der Waals surface area contributed by atoms with Crippen LogP contribution in [0, 0.1) is 11.3 Å². The summed E-state index contributed by atoms with van der Waals surface area (Å²) in [5, 5.41) is 9.57. The molecule has 1 aromatic heterocycles. The Balaban J connectivity index is 1.62. The molecule has 4 aromatic rings. The van der Waals surface area contributed by atoms with E-state index in [1.807, 2.05) is 73.6 Å². The number of nitrogens with zero attached hydrogens (tertiary/aromatic N) is 4. The highest BCUT2D eigenvalue weighted by Gasteiger charge is 2.13. The van der Waals surface area contributed by atoms with Gasteiger partial charge in [0.1, 0.15) is 11.8 Å². The van der Waals surface area contributed by atoms with Crippen molar-refractivity contribution in [1.29, 1.82) is 5.26 Å². The third kappa shape index (κ3) is 5.59. The maximum absolute atomic E-state index is 9.33. The number of anilines is 1. The highest BCUT2D eigenvalue weighted by atomic mass is 35.5. The quantitative estimate of drug-likeness (QED) is 0.312. The van der Waals surface area contributed by atoms with Gasteiger partial charge in [-0.2, -0.15) is 10.2 Å². The van der Waals surface area contributed by atoms with Crippen molar-refractivity contribution in [2.75, 3.05) is 19.0 Å². The molecule has 0 atom stereocenters. The molecule has 0 bridgehead atoms. The van der Waals surface area contributed by atoms with Crippen LogP contribution in [0.5, 0.6) is 17.4 Å². The van der Waals surface area contributed by atoms with E-state index in [1.54, 1.807) is 18.2 Å². The third-order valence-electron chi connectivity index (χ3n) is 4.84. The van der Waals surface area contributed by atoms with Crippen LogP contribution in [0.1, 0.15) is 11.1 Å². The van der Waals surface area contributed by atoms with Crippen LogP contribution in [0.25, 0.3) is 11.4 Å². The minimum absolute atomic E-state index is 0.245. The first kappa shape index (κ1) is 22.1. The lowest BCUT2D eigenvalue weighted by atomic mass is 10.2. The molecule has 0 aliphatic carbocycles. The standard InChI is InChI=1S/C26H21ClN4O2/c1-31(2)21-11-9-20(10-12-21)26-29-24(27)15-25(30-26)33-23-14-19(16-28)8-13-22(23)32-17-18-6-4-3-5-7-18/h3-15H,17H2,1-2H3. The van der Waals surface area contributed by atoms with E-state index in [4.69, 9.17) is 21.1 Å². The van der Waals surface area contributed by atoms with Crippen LogP contribution in [-0.2, 0) is 6.61 Å². The second kappa shape index (κ2) is 10.0. The Labute approximate surface area is 197 Å². The molecule has 0 saturated carbocycles. The molecule has 4 rings (SSSR count). The summed E-state index contributed by atoms with van der Waals surface area (Å²) >= 11 is 6.26. The molecule has 33 heavy (non-hydrogen) atoms. The van der Waals surface area contributed by atoms with Gasteiger partial charge in [-0.25, -0.2) is 4.98 Å². The van der Waals surface area contributed by atoms with Gasteiger partial charge in [-0.05, 0) is 42.0 Å². The van der Waals surface area contributed by atoms with E-state index in [9.17, 15) is 5.26 Å². The zero-order valence-corrected chi connectivity index (χ0v) is 19.0. The first-order valence-corrected chi connectivity index (χ1v) is 10.6. The average molecular weight is 457 g/mol. The fourth-order valence-corrected chi connectivity index (χ4v) is 3.29. The minimum atomic E-state index is 0.245. The fraction of sp³-hybridized carbons (Fsp3) is 0.115. The molecule has 3 aromatic carbocycles. The van der Waals surface area contributed by atoms with Crippen molar-refractivity contribution in [3.8, 4) is 34.8 Å². The Hall–Kier alpha value is -4.08. The van der Waals surface area contributed by atoms with Gasteiger partial charge in [-0.1, -0.05) is 41.9 Å². The van der Waals surface area contributed by atoms with E-state index in [2.05, 4.69) is 16.0 Å². The molecular formula is C26H21ClN4O2. The van der Waals surface area contributed by atoms with E-state index in [0.717, 1.165) is 16.8 Å². The molecule has 6 nitrogen and oxygen atoms in total. The number of aromatic nitrogens is 2. The molecule has 0 radical (unpaired) electrons. The Morgan fingerprint density at radius 3 is 2.36 bits per heavy atom. The number of benzene rings is 3. The largest absolute Gasteiger partial charge is 0.485 e. The molecule has 0 unspecified atom stereocenters. The Morgan fingerprint density at radius 2 is 1.67 bits per heavy atom. The van der Waals surface area contributed by atoms with Gasteiger partial charge in [0.2, 0.25) is 5.88 Å². The van der Waals surface area contributed by atoms with Crippen molar-refractivity contribution >= 4 is 17.3 Å². The van der Waals surface area contributed by atoms with Gasteiger partial charge in [0, 0.05) is 37.5 Å². The molecule has 1 heterocycles. The van der Waals surface area contributed by atoms with E-state index in [-0.39, 0.29) is 11.0 Å². The summed E-state index contributed by atoms with van der Waals surface area (Å²) in [7, 11) is 3.95. The van der Waals surface area contributed by atoms with Crippen molar-refractivity contribution in [3.63, 3.8) is 0 Å². The van der Waals surface area contributed by atoms with Crippen LogP contribution >= 0.6 is 11.6 Å².